The highest BCUT2D eigenvalue weighted by molar-refractivity contribution is 5.44. The van der Waals surface area contributed by atoms with Crippen LogP contribution in [-0.4, -0.2) is 43.2 Å². The van der Waals surface area contributed by atoms with Gasteiger partial charge in [-0.25, -0.2) is 4.39 Å². The monoisotopic (exact) mass is 265 g/mol. The Morgan fingerprint density at radius 3 is 2.63 bits per heavy atom. The lowest BCUT2D eigenvalue weighted by Gasteiger charge is -2.41. The zero-order valence-corrected chi connectivity index (χ0v) is 11.9. The lowest BCUT2D eigenvalue weighted by atomic mass is 9.97. The lowest BCUT2D eigenvalue weighted by molar-refractivity contribution is 0.0987. The Hall–Kier alpha value is -1.13. The Balaban J connectivity index is 1.82. The SMILES string of the molecule is CC(C)(CCNc1ccccc1F)N1CCNCC1. The molecule has 0 amide bonds. The van der Waals surface area contributed by atoms with Crippen LogP contribution in [-0.2, 0) is 0 Å². The number of nitrogens with one attached hydrogen (secondary N) is 2. The van der Waals surface area contributed by atoms with Crippen LogP contribution in [0, 0.1) is 5.82 Å². The summed E-state index contributed by atoms with van der Waals surface area (Å²) < 4.78 is 13.5. The first kappa shape index (κ1) is 14.3. The quantitative estimate of drug-likeness (QED) is 0.855. The van der Waals surface area contributed by atoms with Gasteiger partial charge in [0.2, 0.25) is 0 Å². The van der Waals surface area contributed by atoms with Crippen molar-refractivity contribution in [1.82, 2.24) is 10.2 Å². The van der Waals surface area contributed by atoms with Gasteiger partial charge in [-0.05, 0) is 32.4 Å². The molecule has 4 heteroatoms. The van der Waals surface area contributed by atoms with E-state index in [2.05, 4.69) is 29.4 Å². The lowest BCUT2D eigenvalue weighted by Crippen LogP contribution is -2.53. The molecule has 1 heterocycles. The van der Waals surface area contributed by atoms with Crippen LogP contribution in [0.4, 0.5) is 10.1 Å². The van der Waals surface area contributed by atoms with Gasteiger partial charge < -0.3 is 10.6 Å². The average molecular weight is 265 g/mol. The number of nitrogens with zero attached hydrogens (tertiary/aromatic N) is 1. The summed E-state index contributed by atoms with van der Waals surface area (Å²) in [5.41, 5.74) is 0.749. The first-order chi connectivity index (χ1) is 9.09. The molecule has 106 valence electrons. The molecular weight excluding hydrogens is 241 g/mol. The predicted octanol–water partition coefficient (Wildman–Crippen LogP) is 2.31. The summed E-state index contributed by atoms with van der Waals surface area (Å²) >= 11 is 0. The van der Waals surface area contributed by atoms with Crippen molar-refractivity contribution in [3.05, 3.63) is 30.1 Å². The standard InChI is InChI=1S/C15H24FN3/c1-15(2,19-11-9-17-10-12-19)7-8-18-14-6-4-3-5-13(14)16/h3-6,17-18H,7-12H2,1-2H3. The highest BCUT2D eigenvalue weighted by Crippen LogP contribution is 2.20. The molecule has 3 nitrogen and oxygen atoms in total. The Kier molecular flexibility index (Phi) is 4.77. The van der Waals surface area contributed by atoms with E-state index >= 15 is 0 Å². The maximum atomic E-state index is 13.5. The smallest absolute Gasteiger partial charge is 0.146 e. The third kappa shape index (κ3) is 3.91. The highest BCUT2D eigenvalue weighted by Gasteiger charge is 2.27. The van der Waals surface area contributed by atoms with Gasteiger partial charge in [-0.3, -0.25) is 4.90 Å². The molecule has 1 aliphatic rings. The number of rotatable bonds is 5. The molecule has 0 aromatic heterocycles. The summed E-state index contributed by atoms with van der Waals surface area (Å²) in [6.07, 6.45) is 1.00. The second kappa shape index (κ2) is 6.35. The van der Waals surface area contributed by atoms with Crippen molar-refractivity contribution in [3.63, 3.8) is 0 Å². The Morgan fingerprint density at radius 1 is 1.26 bits per heavy atom. The summed E-state index contributed by atoms with van der Waals surface area (Å²) in [7, 11) is 0. The van der Waals surface area contributed by atoms with Gasteiger partial charge in [0.15, 0.2) is 0 Å². The van der Waals surface area contributed by atoms with Crippen molar-refractivity contribution in [3.8, 4) is 0 Å². The molecular formula is C15H24FN3. The van der Waals surface area contributed by atoms with Gasteiger partial charge in [-0.2, -0.15) is 0 Å². The molecule has 1 fully saturated rings. The number of anilines is 1. The van der Waals surface area contributed by atoms with Crippen LogP contribution < -0.4 is 10.6 Å². The van der Waals surface area contributed by atoms with E-state index in [1.54, 1.807) is 12.1 Å². The summed E-state index contributed by atoms with van der Waals surface area (Å²) in [5.74, 6) is -0.178. The largest absolute Gasteiger partial charge is 0.383 e. The zero-order chi connectivity index (χ0) is 13.7. The van der Waals surface area contributed by atoms with Crippen LogP contribution in [0.5, 0.6) is 0 Å². The van der Waals surface area contributed by atoms with E-state index in [1.807, 2.05) is 6.07 Å². The third-order valence-electron chi connectivity index (χ3n) is 3.90. The second-order valence-electron chi connectivity index (χ2n) is 5.71. The van der Waals surface area contributed by atoms with Crippen molar-refractivity contribution < 1.29 is 4.39 Å². The minimum absolute atomic E-state index is 0.153. The highest BCUT2D eigenvalue weighted by atomic mass is 19.1. The van der Waals surface area contributed by atoms with Gasteiger partial charge in [-0.15, -0.1) is 0 Å². The van der Waals surface area contributed by atoms with E-state index in [1.165, 1.54) is 6.07 Å². The maximum Gasteiger partial charge on any atom is 0.146 e. The molecule has 1 aliphatic heterocycles. The predicted molar refractivity (Wildman–Crippen MR) is 78.0 cm³/mol. The van der Waals surface area contributed by atoms with Gasteiger partial charge in [-0.1, -0.05) is 12.1 Å². The minimum Gasteiger partial charge on any atom is -0.383 e. The molecule has 0 saturated carbocycles. The molecule has 0 unspecified atom stereocenters. The van der Waals surface area contributed by atoms with Gasteiger partial charge >= 0.3 is 0 Å². The fourth-order valence-electron chi connectivity index (χ4n) is 2.54. The molecule has 2 N–H and O–H groups in total. The van der Waals surface area contributed by atoms with Crippen LogP contribution in [0.1, 0.15) is 20.3 Å². The van der Waals surface area contributed by atoms with Crippen molar-refractivity contribution >= 4 is 5.69 Å². The van der Waals surface area contributed by atoms with Crippen LogP contribution in [0.3, 0.4) is 0 Å². The Bertz CT molecular complexity index is 400. The van der Waals surface area contributed by atoms with Crippen LogP contribution >= 0.6 is 0 Å². The number of hydrogen-bond acceptors (Lipinski definition) is 3. The Labute approximate surface area is 115 Å². The molecule has 19 heavy (non-hydrogen) atoms. The van der Waals surface area contributed by atoms with Gasteiger partial charge in [0.25, 0.3) is 0 Å². The molecule has 0 bridgehead atoms. The van der Waals surface area contributed by atoms with Crippen LogP contribution in [0.25, 0.3) is 0 Å². The number of halogens is 1. The third-order valence-corrected chi connectivity index (χ3v) is 3.90. The fraction of sp³-hybridized carbons (Fsp3) is 0.600. The van der Waals surface area contributed by atoms with Crippen molar-refractivity contribution in [1.29, 1.82) is 0 Å². The fourth-order valence-corrected chi connectivity index (χ4v) is 2.54. The van der Waals surface area contributed by atoms with Gasteiger partial charge in [0.05, 0.1) is 5.69 Å². The van der Waals surface area contributed by atoms with Crippen LogP contribution in [0.2, 0.25) is 0 Å². The van der Waals surface area contributed by atoms with Crippen molar-refractivity contribution in [2.75, 3.05) is 38.0 Å². The number of hydrogen-bond donors (Lipinski definition) is 2. The van der Waals surface area contributed by atoms with Gasteiger partial charge in [0.1, 0.15) is 5.82 Å². The molecule has 0 atom stereocenters. The van der Waals surface area contributed by atoms with E-state index < -0.39 is 0 Å². The summed E-state index contributed by atoms with van der Waals surface area (Å²) in [4.78, 5) is 2.51. The van der Waals surface area contributed by atoms with Crippen molar-refractivity contribution in [2.24, 2.45) is 0 Å². The van der Waals surface area contributed by atoms with E-state index in [0.29, 0.717) is 5.69 Å². The van der Waals surface area contributed by atoms with E-state index in [9.17, 15) is 4.39 Å². The average Bonchev–Trinajstić information content (AvgIpc) is 2.42. The topological polar surface area (TPSA) is 27.3 Å². The number of piperazine rings is 1. The number of benzene rings is 1. The van der Waals surface area contributed by atoms with Gasteiger partial charge in [0, 0.05) is 38.3 Å². The Morgan fingerprint density at radius 2 is 1.95 bits per heavy atom. The van der Waals surface area contributed by atoms with Crippen molar-refractivity contribution in [2.45, 2.75) is 25.8 Å². The summed E-state index contributed by atoms with van der Waals surface area (Å²) in [6, 6.07) is 6.84. The molecule has 0 aliphatic carbocycles. The zero-order valence-electron chi connectivity index (χ0n) is 11.9. The summed E-state index contributed by atoms with van der Waals surface area (Å²) in [5, 5.41) is 6.56. The van der Waals surface area contributed by atoms with E-state index in [4.69, 9.17) is 0 Å². The van der Waals surface area contributed by atoms with Crippen LogP contribution in [0.15, 0.2) is 24.3 Å². The molecule has 1 aromatic rings. The molecule has 2 rings (SSSR count). The summed E-state index contributed by atoms with van der Waals surface area (Å²) in [6.45, 7) is 9.62. The first-order valence-electron chi connectivity index (χ1n) is 7.04. The van der Waals surface area contributed by atoms with E-state index in [-0.39, 0.29) is 11.4 Å². The molecule has 0 radical (unpaired) electrons. The molecule has 1 aromatic carbocycles. The molecule has 0 spiro atoms. The minimum atomic E-state index is -0.178. The first-order valence-corrected chi connectivity index (χ1v) is 7.04. The number of para-hydroxylation sites is 1. The normalized spacial score (nSPS) is 17.4. The second-order valence-corrected chi connectivity index (χ2v) is 5.71. The van der Waals surface area contributed by atoms with E-state index in [0.717, 1.165) is 39.1 Å². The maximum absolute atomic E-state index is 13.5. The molecule has 1 saturated heterocycles.